The molecule has 0 unspecified atom stereocenters. The van der Waals surface area contributed by atoms with Gasteiger partial charge in [-0.3, -0.25) is 4.79 Å². The molecule has 0 saturated carbocycles. The van der Waals surface area contributed by atoms with Crippen LogP contribution in [-0.4, -0.2) is 31.6 Å². The summed E-state index contributed by atoms with van der Waals surface area (Å²) >= 11 is 1.57. The molecule has 1 amide bonds. The topological polar surface area (TPSA) is 88.2 Å². The zero-order chi connectivity index (χ0) is 14.5. The molecule has 6 nitrogen and oxygen atoms in total. The molecule has 1 rings (SSSR count). The summed E-state index contributed by atoms with van der Waals surface area (Å²) in [5.41, 5.74) is 0.799. The molecule has 0 aliphatic heterocycles. The molecule has 0 saturated heterocycles. The Balaban J connectivity index is 2.44. The fourth-order valence-corrected chi connectivity index (χ4v) is 3.11. The Labute approximate surface area is 117 Å². The lowest BCUT2D eigenvalue weighted by Gasteiger charge is -2.11. The second-order valence-corrected chi connectivity index (χ2v) is 7.03. The molecule has 0 aliphatic carbocycles. The smallest absolute Gasteiger partial charge is 0.238 e. The van der Waals surface area contributed by atoms with Crippen molar-refractivity contribution in [2.24, 2.45) is 0 Å². The van der Waals surface area contributed by atoms with Crippen LogP contribution in [0.1, 0.15) is 31.0 Å². The van der Waals surface area contributed by atoms with E-state index in [2.05, 4.69) is 21.9 Å². The molecule has 0 bridgehead atoms. The SMILES string of the molecule is CCCc1nc(CNC(=O)[C@H](C)NS(C)(=O)=O)cs1. The first-order chi connectivity index (χ1) is 8.81. The van der Waals surface area contributed by atoms with E-state index in [0.29, 0.717) is 6.54 Å². The lowest BCUT2D eigenvalue weighted by Crippen LogP contribution is -2.44. The van der Waals surface area contributed by atoms with Crippen molar-refractivity contribution in [3.63, 3.8) is 0 Å². The van der Waals surface area contributed by atoms with Crippen LogP contribution in [0.5, 0.6) is 0 Å². The summed E-state index contributed by atoms with van der Waals surface area (Å²) in [5.74, 6) is -0.365. The Morgan fingerprint density at radius 2 is 2.21 bits per heavy atom. The number of nitrogens with one attached hydrogen (secondary N) is 2. The number of hydrogen-bond donors (Lipinski definition) is 2. The normalized spacial score (nSPS) is 13.2. The molecule has 8 heteroatoms. The lowest BCUT2D eigenvalue weighted by atomic mass is 10.3. The van der Waals surface area contributed by atoms with E-state index in [1.807, 2.05) is 5.38 Å². The molecular formula is C11H19N3O3S2. The van der Waals surface area contributed by atoms with E-state index < -0.39 is 16.1 Å². The Morgan fingerprint density at radius 3 is 2.79 bits per heavy atom. The number of hydrogen-bond acceptors (Lipinski definition) is 5. The van der Waals surface area contributed by atoms with Crippen LogP contribution in [0.15, 0.2) is 5.38 Å². The maximum absolute atomic E-state index is 11.7. The van der Waals surface area contributed by atoms with Crippen molar-refractivity contribution < 1.29 is 13.2 Å². The van der Waals surface area contributed by atoms with E-state index in [1.165, 1.54) is 6.92 Å². The van der Waals surface area contributed by atoms with Crippen LogP contribution in [-0.2, 0) is 27.8 Å². The van der Waals surface area contributed by atoms with E-state index in [1.54, 1.807) is 11.3 Å². The summed E-state index contributed by atoms with van der Waals surface area (Å²) in [7, 11) is -3.38. The van der Waals surface area contributed by atoms with Crippen molar-refractivity contribution in [3.8, 4) is 0 Å². The summed E-state index contributed by atoms with van der Waals surface area (Å²) in [6.45, 7) is 3.90. The van der Waals surface area contributed by atoms with Gasteiger partial charge in [-0.15, -0.1) is 11.3 Å². The van der Waals surface area contributed by atoms with Crippen LogP contribution in [0.4, 0.5) is 0 Å². The molecule has 1 atom stereocenters. The third-order valence-electron chi connectivity index (χ3n) is 2.29. The van der Waals surface area contributed by atoms with Crippen molar-refractivity contribution in [2.75, 3.05) is 6.26 Å². The average Bonchev–Trinajstić information content (AvgIpc) is 2.72. The van der Waals surface area contributed by atoms with Gasteiger partial charge in [0.2, 0.25) is 15.9 Å². The fourth-order valence-electron chi connectivity index (χ4n) is 1.46. The van der Waals surface area contributed by atoms with Crippen LogP contribution in [0, 0.1) is 0 Å². The molecule has 0 radical (unpaired) electrons. The van der Waals surface area contributed by atoms with Gasteiger partial charge in [-0.25, -0.2) is 18.1 Å². The summed E-state index contributed by atoms with van der Waals surface area (Å²) in [4.78, 5) is 16.0. The summed E-state index contributed by atoms with van der Waals surface area (Å²) in [5, 5.41) is 5.61. The molecule has 0 spiro atoms. The summed E-state index contributed by atoms with van der Waals surface area (Å²) < 4.78 is 24.2. The highest BCUT2D eigenvalue weighted by atomic mass is 32.2. The maximum Gasteiger partial charge on any atom is 0.238 e. The van der Waals surface area contributed by atoms with Crippen LogP contribution >= 0.6 is 11.3 Å². The molecule has 1 aromatic rings. The van der Waals surface area contributed by atoms with E-state index in [9.17, 15) is 13.2 Å². The van der Waals surface area contributed by atoms with Crippen molar-refractivity contribution in [1.82, 2.24) is 15.0 Å². The van der Waals surface area contributed by atoms with Crippen LogP contribution in [0.25, 0.3) is 0 Å². The van der Waals surface area contributed by atoms with E-state index in [4.69, 9.17) is 0 Å². The van der Waals surface area contributed by atoms with Crippen LogP contribution < -0.4 is 10.0 Å². The number of amides is 1. The Morgan fingerprint density at radius 1 is 1.53 bits per heavy atom. The van der Waals surface area contributed by atoms with Gasteiger partial charge >= 0.3 is 0 Å². The number of aromatic nitrogens is 1. The predicted octanol–water partition coefficient (Wildman–Crippen LogP) is 0.649. The second-order valence-electron chi connectivity index (χ2n) is 4.31. The first-order valence-corrected chi connectivity index (χ1v) is 8.77. The van der Waals surface area contributed by atoms with E-state index in [0.717, 1.165) is 29.8 Å². The van der Waals surface area contributed by atoms with Gasteiger partial charge in [0.25, 0.3) is 0 Å². The number of aryl methyl sites for hydroxylation is 1. The monoisotopic (exact) mass is 305 g/mol. The van der Waals surface area contributed by atoms with Gasteiger partial charge in [0, 0.05) is 5.38 Å². The predicted molar refractivity (Wildman–Crippen MR) is 75.4 cm³/mol. The molecule has 2 N–H and O–H groups in total. The average molecular weight is 305 g/mol. The number of nitrogens with zero attached hydrogens (tertiary/aromatic N) is 1. The molecule has 0 aromatic carbocycles. The first-order valence-electron chi connectivity index (χ1n) is 6.00. The number of carbonyl (C=O) groups excluding carboxylic acids is 1. The molecule has 19 heavy (non-hydrogen) atoms. The Hall–Kier alpha value is -0.990. The molecule has 108 valence electrons. The van der Waals surface area contributed by atoms with Gasteiger partial charge in [-0.05, 0) is 19.8 Å². The van der Waals surface area contributed by atoms with Crippen molar-refractivity contribution in [3.05, 3.63) is 16.1 Å². The number of sulfonamides is 1. The van der Waals surface area contributed by atoms with Gasteiger partial charge < -0.3 is 5.32 Å². The quantitative estimate of drug-likeness (QED) is 0.774. The number of carbonyl (C=O) groups is 1. The molecule has 0 aliphatic rings. The van der Waals surface area contributed by atoms with Crippen molar-refractivity contribution >= 4 is 27.3 Å². The second kappa shape index (κ2) is 6.97. The maximum atomic E-state index is 11.7. The molecule has 1 aromatic heterocycles. The number of rotatable bonds is 7. The highest BCUT2D eigenvalue weighted by molar-refractivity contribution is 7.88. The Kier molecular flexibility index (Phi) is 5.89. The van der Waals surface area contributed by atoms with Crippen LogP contribution in [0.2, 0.25) is 0 Å². The lowest BCUT2D eigenvalue weighted by molar-refractivity contribution is -0.122. The van der Waals surface area contributed by atoms with Crippen molar-refractivity contribution in [1.29, 1.82) is 0 Å². The minimum atomic E-state index is -3.38. The van der Waals surface area contributed by atoms with E-state index in [-0.39, 0.29) is 5.91 Å². The summed E-state index contributed by atoms with van der Waals surface area (Å²) in [6.07, 6.45) is 2.99. The van der Waals surface area contributed by atoms with Gasteiger partial charge in [-0.2, -0.15) is 0 Å². The minimum absolute atomic E-state index is 0.314. The molecular weight excluding hydrogens is 286 g/mol. The van der Waals surface area contributed by atoms with Crippen LogP contribution in [0.3, 0.4) is 0 Å². The largest absolute Gasteiger partial charge is 0.349 e. The van der Waals surface area contributed by atoms with Gasteiger partial charge in [0.05, 0.1) is 29.5 Å². The van der Waals surface area contributed by atoms with Gasteiger partial charge in [0.1, 0.15) is 0 Å². The van der Waals surface area contributed by atoms with Gasteiger partial charge in [0.15, 0.2) is 0 Å². The fraction of sp³-hybridized carbons (Fsp3) is 0.636. The van der Waals surface area contributed by atoms with E-state index >= 15 is 0 Å². The third kappa shape index (κ3) is 6.13. The Bertz CT molecular complexity index is 525. The minimum Gasteiger partial charge on any atom is -0.349 e. The molecule has 0 fully saturated rings. The highest BCUT2D eigenvalue weighted by Gasteiger charge is 2.16. The highest BCUT2D eigenvalue weighted by Crippen LogP contribution is 2.11. The first kappa shape index (κ1) is 16.1. The van der Waals surface area contributed by atoms with Crippen molar-refractivity contribution in [2.45, 2.75) is 39.3 Å². The summed E-state index contributed by atoms with van der Waals surface area (Å²) in [6, 6.07) is -0.788. The zero-order valence-electron chi connectivity index (χ0n) is 11.3. The third-order valence-corrected chi connectivity index (χ3v) is 4.03. The zero-order valence-corrected chi connectivity index (χ0v) is 12.9. The standard InChI is InChI=1S/C11H19N3O3S2/c1-4-5-10-13-9(7-18-10)6-12-11(15)8(2)14-19(3,16)17/h7-8,14H,4-6H2,1-3H3,(H,12,15)/t8-/m0/s1. The number of thiazole rings is 1. The molecule has 1 heterocycles. The van der Waals surface area contributed by atoms with Gasteiger partial charge in [-0.1, -0.05) is 6.92 Å².